The lowest BCUT2D eigenvalue weighted by Gasteiger charge is -2.19. The smallest absolute Gasteiger partial charge is 0.338 e. The molecule has 230 valence electrons. The molecule has 2 unspecified atom stereocenters. The van der Waals surface area contributed by atoms with Crippen molar-refractivity contribution >= 4 is 5.97 Å². The Kier molecular flexibility index (Phi) is 15.9. The summed E-state index contributed by atoms with van der Waals surface area (Å²) in [5.41, 5.74) is 2.24. The van der Waals surface area contributed by atoms with Gasteiger partial charge in [0.25, 0.3) is 0 Å². The first-order valence-electron chi connectivity index (χ1n) is 14.1. The normalized spacial score (nSPS) is 11.9. The van der Waals surface area contributed by atoms with Crippen LogP contribution < -0.4 is 18.9 Å². The van der Waals surface area contributed by atoms with E-state index in [9.17, 15) is 4.79 Å². The summed E-state index contributed by atoms with van der Waals surface area (Å²) in [6.07, 6.45) is 0.293. The molecule has 3 rings (SSSR count). The van der Waals surface area contributed by atoms with Crippen molar-refractivity contribution < 1.29 is 43.1 Å². The Morgan fingerprint density at radius 3 is 1.62 bits per heavy atom. The summed E-state index contributed by atoms with van der Waals surface area (Å²) in [6, 6.07) is 20.0. The number of benzene rings is 3. The third kappa shape index (κ3) is 11.2. The molecular weight excluding hydrogens is 540 g/mol. The van der Waals surface area contributed by atoms with Gasteiger partial charge in [-0.1, -0.05) is 30.3 Å². The lowest BCUT2D eigenvalue weighted by molar-refractivity contribution is -0.0622. The Morgan fingerprint density at radius 2 is 1.17 bits per heavy atom. The van der Waals surface area contributed by atoms with Gasteiger partial charge in [0.05, 0.1) is 26.4 Å². The fraction of sp³-hybridized carbons (Fsp3) is 0.424. The molecule has 0 aliphatic heterocycles. The van der Waals surface area contributed by atoms with Gasteiger partial charge in [-0.15, -0.1) is 0 Å². The number of hydrogen-bond donors (Lipinski definition) is 1. The molecule has 0 heterocycles. The molecule has 0 spiro atoms. The Bertz CT molecular complexity index is 1180. The molecule has 9 heteroatoms. The fourth-order valence-corrected chi connectivity index (χ4v) is 4.10. The summed E-state index contributed by atoms with van der Waals surface area (Å²) in [5, 5.41) is 9.06. The number of ether oxygens (including phenoxy) is 7. The number of rotatable bonds is 16. The van der Waals surface area contributed by atoms with Crippen LogP contribution in [0.25, 0.3) is 0 Å². The van der Waals surface area contributed by atoms with Crippen LogP contribution in [0, 0.1) is 0 Å². The minimum atomic E-state index is -0.372. The van der Waals surface area contributed by atoms with E-state index in [1.165, 1.54) is 0 Å². The van der Waals surface area contributed by atoms with Crippen LogP contribution >= 0.6 is 0 Å². The Labute approximate surface area is 249 Å². The molecule has 0 aliphatic rings. The summed E-state index contributed by atoms with van der Waals surface area (Å²) in [4.78, 5) is 12.0. The minimum absolute atomic E-state index is 0.0553. The highest BCUT2D eigenvalue weighted by molar-refractivity contribution is 5.89. The first-order valence-corrected chi connectivity index (χ1v) is 14.1. The molecular formula is C33H44O9. The molecule has 0 radical (unpaired) electrons. The van der Waals surface area contributed by atoms with Crippen molar-refractivity contribution in [2.75, 3.05) is 40.6 Å². The standard InChI is InChI=1S/C20H24O5.C13H20O4/c1-4-23-15(2)25-19-12-8-11-18(22-3)17(19)13-14-24-20(21)16-9-6-5-7-10-16;1-4-16-10(2)17-13-7-5-6-12(15-3)11(13)8-9-14/h5-12,15H,4,13-14H2,1-3H3;5-7,10,14H,4,8-9H2,1-3H3. The molecule has 9 nitrogen and oxygen atoms in total. The van der Waals surface area contributed by atoms with E-state index in [-0.39, 0.29) is 31.8 Å². The maximum atomic E-state index is 12.0. The van der Waals surface area contributed by atoms with E-state index < -0.39 is 0 Å². The van der Waals surface area contributed by atoms with E-state index in [4.69, 9.17) is 38.3 Å². The van der Waals surface area contributed by atoms with Crippen molar-refractivity contribution in [1.82, 2.24) is 0 Å². The average molecular weight is 585 g/mol. The number of methoxy groups -OCH3 is 2. The molecule has 0 saturated heterocycles. The number of esters is 1. The summed E-state index contributed by atoms with van der Waals surface area (Å²) < 4.78 is 38.3. The highest BCUT2D eigenvalue weighted by atomic mass is 16.7. The van der Waals surface area contributed by atoms with Gasteiger partial charge in [-0.25, -0.2) is 4.79 Å². The van der Waals surface area contributed by atoms with Crippen LogP contribution in [0.15, 0.2) is 66.7 Å². The molecule has 0 fully saturated rings. The SMILES string of the molecule is CCOC(C)Oc1cccc(OC)c1CCO.CCOC(C)Oc1cccc(OC)c1CCOC(=O)c1ccccc1. The lowest BCUT2D eigenvalue weighted by Crippen LogP contribution is -2.17. The Morgan fingerprint density at radius 1 is 0.690 bits per heavy atom. The number of aliphatic hydroxyl groups excluding tert-OH is 1. The average Bonchev–Trinajstić information content (AvgIpc) is 2.99. The number of carbonyl (C=O) groups excluding carboxylic acids is 1. The summed E-state index contributed by atoms with van der Waals surface area (Å²) in [6.45, 7) is 8.95. The largest absolute Gasteiger partial charge is 0.496 e. The predicted molar refractivity (Wildman–Crippen MR) is 161 cm³/mol. The molecule has 0 saturated carbocycles. The van der Waals surface area contributed by atoms with Crippen molar-refractivity contribution in [3.8, 4) is 23.0 Å². The third-order valence-electron chi connectivity index (χ3n) is 5.97. The molecule has 3 aromatic carbocycles. The fourth-order valence-electron chi connectivity index (χ4n) is 4.10. The van der Waals surface area contributed by atoms with E-state index in [0.717, 1.165) is 16.9 Å². The predicted octanol–water partition coefficient (Wildman–Crippen LogP) is 5.85. The molecule has 42 heavy (non-hydrogen) atoms. The van der Waals surface area contributed by atoms with Gasteiger partial charge >= 0.3 is 5.97 Å². The zero-order chi connectivity index (χ0) is 30.7. The second-order valence-electron chi connectivity index (χ2n) is 8.88. The van der Waals surface area contributed by atoms with Crippen LogP contribution in [0.3, 0.4) is 0 Å². The second kappa shape index (κ2) is 19.4. The number of aliphatic hydroxyl groups is 1. The lowest BCUT2D eigenvalue weighted by atomic mass is 10.1. The van der Waals surface area contributed by atoms with Crippen LogP contribution in [-0.4, -0.2) is 64.3 Å². The van der Waals surface area contributed by atoms with Gasteiger partial charge in [-0.2, -0.15) is 0 Å². The van der Waals surface area contributed by atoms with E-state index in [2.05, 4.69) is 0 Å². The number of carbonyl (C=O) groups is 1. The molecule has 0 aliphatic carbocycles. The van der Waals surface area contributed by atoms with Gasteiger partial charge in [0, 0.05) is 43.8 Å². The summed E-state index contributed by atoms with van der Waals surface area (Å²) >= 11 is 0. The Balaban J connectivity index is 0.000000317. The quantitative estimate of drug-likeness (QED) is 0.164. The van der Waals surface area contributed by atoms with Gasteiger partial charge in [0.15, 0.2) is 12.6 Å². The third-order valence-corrected chi connectivity index (χ3v) is 5.97. The molecule has 2 atom stereocenters. The second-order valence-corrected chi connectivity index (χ2v) is 8.88. The van der Waals surface area contributed by atoms with E-state index in [1.54, 1.807) is 38.5 Å². The zero-order valence-corrected chi connectivity index (χ0v) is 25.5. The van der Waals surface area contributed by atoms with E-state index >= 15 is 0 Å². The van der Waals surface area contributed by atoms with Crippen LogP contribution in [0.1, 0.15) is 49.2 Å². The maximum absolute atomic E-state index is 12.0. The molecule has 3 aromatic rings. The number of hydrogen-bond acceptors (Lipinski definition) is 9. The van der Waals surface area contributed by atoms with Gasteiger partial charge in [-0.3, -0.25) is 0 Å². The van der Waals surface area contributed by atoms with Crippen molar-refractivity contribution in [2.24, 2.45) is 0 Å². The van der Waals surface area contributed by atoms with Crippen LogP contribution in [-0.2, 0) is 27.1 Å². The van der Waals surface area contributed by atoms with Crippen molar-refractivity contribution in [1.29, 1.82) is 0 Å². The van der Waals surface area contributed by atoms with Gasteiger partial charge in [0.1, 0.15) is 23.0 Å². The topological polar surface area (TPSA) is 102 Å². The van der Waals surface area contributed by atoms with Gasteiger partial charge in [-0.05, 0) is 64.1 Å². The highest BCUT2D eigenvalue weighted by Crippen LogP contribution is 2.31. The zero-order valence-electron chi connectivity index (χ0n) is 25.5. The monoisotopic (exact) mass is 584 g/mol. The van der Waals surface area contributed by atoms with Crippen molar-refractivity contribution in [3.63, 3.8) is 0 Å². The highest BCUT2D eigenvalue weighted by Gasteiger charge is 2.15. The Hall–Kier alpha value is -3.79. The van der Waals surface area contributed by atoms with Crippen molar-refractivity contribution in [3.05, 3.63) is 83.4 Å². The van der Waals surface area contributed by atoms with Crippen LogP contribution in [0.4, 0.5) is 0 Å². The molecule has 0 amide bonds. The maximum Gasteiger partial charge on any atom is 0.338 e. The van der Waals surface area contributed by atoms with E-state index in [0.29, 0.717) is 48.9 Å². The van der Waals surface area contributed by atoms with Crippen molar-refractivity contribution in [2.45, 2.75) is 53.1 Å². The first kappa shape index (κ1) is 34.4. The van der Waals surface area contributed by atoms with Crippen LogP contribution in [0.2, 0.25) is 0 Å². The first-order chi connectivity index (χ1) is 20.4. The minimum Gasteiger partial charge on any atom is -0.496 e. The molecule has 0 aromatic heterocycles. The van der Waals surface area contributed by atoms with Gasteiger partial charge in [0.2, 0.25) is 0 Å². The van der Waals surface area contributed by atoms with E-state index in [1.807, 2.05) is 70.2 Å². The molecule has 1 N–H and O–H groups in total. The molecule has 0 bridgehead atoms. The summed E-state index contributed by atoms with van der Waals surface area (Å²) in [7, 11) is 3.20. The van der Waals surface area contributed by atoms with Gasteiger partial charge < -0.3 is 38.3 Å². The summed E-state index contributed by atoms with van der Waals surface area (Å²) in [5.74, 6) is 2.42. The van der Waals surface area contributed by atoms with Crippen LogP contribution in [0.5, 0.6) is 23.0 Å².